The van der Waals surface area contributed by atoms with Gasteiger partial charge in [0.1, 0.15) is 6.10 Å². The van der Waals surface area contributed by atoms with E-state index >= 15 is 0 Å². The Balaban J connectivity index is 1.50. The Morgan fingerprint density at radius 2 is 1.56 bits per heavy atom. The number of ether oxygens (including phenoxy) is 1. The summed E-state index contributed by atoms with van der Waals surface area (Å²) in [5.74, 6) is 3.64. The zero-order chi connectivity index (χ0) is 24.9. The van der Waals surface area contributed by atoms with Crippen LogP contribution >= 0.6 is 0 Å². The normalized spacial score (nSPS) is 54.2. The third kappa shape index (κ3) is 3.08. The van der Waals surface area contributed by atoms with Crippen molar-refractivity contribution in [3.05, 3.63) is 12.2 Å². The van der Waals surface area contributed by atoms with Crippen LogP contribution in [0.3, 0.4) is 0 Å². The van der Waals surface area contributed by atoms with Gasteiger partial charge in [-0.3, -0.25) is 4.79 Å². The number of hydrogen-bond donors (Lipinski definition) is 0. The van der Waals surface area contributed by atoms with Crippen LogP contribution in [0.2, 0.25) is 0 Å². The molecule has 0 aliphatic heterocycles. The molecule has 0 aromatic rings. The minimum absolute atomic E-state index is 0.0541. The second-order valence-electron chi connectivity index (χ2n) is 15.3. The highest BCUT2D eigenvalue weighted by molar-refractivity contribution is 5.66. The van der Waals surface area contributed by atoms with Gasteiger partial charge in [0.25, 0.3) is 0 Å². The molecule has 0 spiro atoms. The quantitative estimate of drug-likeness (QED) is 0.284. The SMILES string of the molecule is C=C1CC[C@]2(C)CC[C@]3(C)[C@H](CC[C@@H]4[C@@]5(C)CCC(OC(C)=O)C(C)(C)C5CC[C@]43C)[C@H]2C1C. The highest BCUT2D eigenvalue weighted by Crippen LogP contribution is 2.77. The topological polar surface area (TPSA) is 26.3 Å². The summed E-state index contributed by atoms with van der Waals surface area (Å²) < 4.78 is 5.91. The first-order valence-electron chi connectivity index (χ1n) is 14.6. The lowest BCUT2D eigenvalue weighted by Crippen LogP contribution is -2.67. The largest absolute Gasteiger partial charge is 0.462 e. The van der Waals surface area contributed by atoms with Crippen LogP contribution in [-0.4, -0.2) is 12.1 Å². The smallest absolute Gasteiger partial charge is 0.302 e. The molecule has 5 saturated carbocycles. The van der Waals surface area contributed by atoms with Crippen molar-refractivity contribution in [1.29, 1.82) is 0 Å². The summed E-state index contributed by atoms with van der Waals surface area (Å²) in [6.45, 7) is 24.2. The Morgan fingerprint density at radius 3 is 2.24 bits per heavy atom. The molecule has 0 amide bonds. The molecule has 0 heterocycles. The third-order valence-corrected chi connectivity index (χ3v) is 13.8. The maximum absolute atomic E-state index is 11.9. The molecule has 3 unspecified atom stereocenters. The average molecular weight is 469 g/mol. The van der Waals surface area contributed by atoms with Gasteiger partial charge in [-0.05, 0) is 115 Å². The van der Waals surface area contributed by atoms with Gasteiger partial charge in [0.05, 0.1) is 0 Å². The highest BCUT2D eigenvalue weighted by Gasteiger charge is 2.70. The molecule has 2 nitrogen and oxygen atoms in total. The Bertz CT molecular complexity index is 872. The van der Waals surface area contributed by atoms with Crippen LogP contribution in [0.1, 0.15) is 120 Å². The van der Waals surface area contributed by atoms with E-state index in [4.69, 9.17) is 4.74 Å². The lowest BCUT2D eigenvalue weighted by Gasteiger charge is -2.73. The monoisotopic (exact) mass is 468 g/mol. The zero-order valence-corrected chi connectivity index (χ0v) is 23.6. The van der Waals surface area contributed by atoms with Crippen molar-refractivity contribution in [2.45, 2.75) is 126 Å². The number of hydrogen-bond acceptors (Lipinski definition) is 2. The van der Waals surface area contributed by atoms with E-state index in [0.717, 1.165) is 24.2 Å². The first-order chi connectivity index (χ1) is 15.7. The summed E-state index contributed by atoms with van der Waals surface area (Å²) in [5, 5.41) is 0. The molecular weight excluding hydrogens is 416 g/mol. The maximum Gasteiger partial charge on any atom is 0.302 e. The summed E-state index contributed by atoms with van der Waals surface area (Å²) in [5.41, 5.74) is 3.28. The molecule has 0 bridgehead atoms. The van der Waals surface area contributed by atoms with Gasteiger partial charge >= 0.3 is 5.97 Å². The number of carbonyl (C=O) groups is 1. The third-order valence-electron chi connectivity index (χ3n) is 13.8. The summed E-state index contributed by atoms with van der Waals surface area (Å²) in [4.78, 5) is 11.9. The predicted molar refractivity (Wildman–Crippen MR) is 140 cm³/mol. The van der Waals surface area contributed by atoms with Crippen LogP contribution in [0.4, 0.5) is 0 Å². The van der Waals surface area contributed by atoms with Gasteiger partial charge in [-0.1, -0.05) is 60.6 Å². The van der Waals surface area contributed by atoms with Crippen LogP contribution in [0, 0.1) is 56.7 Å². The molecule has 34 heavy (non-hydrogen) atoms. The van der Waals surface area contributed by atoms with Crippen LogP contribution < -0.4 is 0 Å². The van der Waals surface area contributed by atoms with Crippen LogP contribution in [-0.2, 0) is 9.53 Å². The average Bonchev–Trinajstić information content (AvgIpc) is 2.74. The van der Waals surface area contributed by atoms with Crippen molar-refractivity contribution in [3.8, 4) is 0 Å². The number of carbonyl (C=O) groups excluding carboxylic acids is 1. The molecule has 5 rings (SSSR count). The lowest BCUT2D eigenvalue weighted by atomic mass is 9.31. The summed E-state index contributed by atoms with van der Waals surface area (Å²) >= 11 is 0. The Kier molecular flexibility index (Phi) is 5.57. The van der Waals surface area contributed by atoms with Crippen molar-refractivity contribution in [2.75, 3.05) is 0 Å². The molecular formula is C32H52O2. The van der Waals surface area contributed by atoms with Crippen LogP contribution in [0.15, 0.2) is 12.2 Å². The first-order valence-corrected chi connectivity index (χ1v) is 14.6. The maximum atomic E-state index is 11.9. The first kappa shape index (κ1) is 24.9. The van der Waals surface area contributed by atoms with Gasteiger partial charge in [-0.25, -0.2) is 0 Å². The van der Waals surface area contributed by atoms with Crippen molar-refractivity contribution >= 4 is 5.97 Å². The standard InChI is InChI=1S/C32H52O2/c1-20-12-15-29(6)18-19-31(8)23(27(29)21(20)2)10-11-25-30(7)16-14-26(34-22(3)33)28(4,5)24(30)13-17-32(25,31)9/h21,23-27H,1,10-19H2,2-9H3/t21?,23-,24?,25-,26?,27-,29-,30+,31-,32-/m1/s1. The van der Waals surface area contributed by atoms with Crippen LogP contribution in [0.5, 0.6) is 0 Å². The fraction of sp³-hybridized carbons (Fsp3) is 0.906. The van der Waals surface area contributed by atoms with Gasteiger partial charge in [0.2, 0.25) is 0 Å². The van der Waals surface area contributed by atoms with Crippen molar-refractivity contribution in [3.63, 3.8) is 0 Å². The molecule has 0 radical (unpaired) electrons. The van der Waals surface area contributed by atoms with Crippen molar-refractivity contribution in [2.24, 2.45) is 56.7 Å². The minimum Gasteiger partial charge on any atom is -0.462 e. The molecule has 5 aliphatic rings. The summed E-state index contributed by atoms with van der Waals surface area (Å²) in [7, 11) is 0. The number of rotatable bonds is 1. The van der Waals surface area contributed by atoms with Gasteiger partial charge < -0.3 is 4.74 Å². The molecule has 0 saturated heterocycles. The molecule has 10 atom stereocenters. The van der Waals surface area contributed by atoms with E-state index in [1.54, 1.807) is 6.92 Å². The lowest BCUT2D eigenvalue weighted by molar-refractivity contribution is -0.253. The van der Waals surface area contributed by atoms with E-state index < -0.39 is 0 Å². The van der Waals surface area contributed by atoms with E-state index in [-0.39, 0.29) is 17.5 Å². The molecule has 2 heteroatoms. The van der Waals surface area contributed by atoms with E-state index in [1.165, 1.54) is 63.4 Å². The fourth-order valence-corrected chi connectivity index (χ4v) is 11.8. The number of allylic oxidation sites excluding steroid dienone is 1. The molecule has 0 N–H and O–H groups in total. The summed E-state index contributed by atoms with van der Waals surface area (Å²) in [6.07, 6.45) is 13.2. The Hall–Kier alpha value is -0.790. The second-order valence-corrected chi connectivity index (χ2v) is 15.3. The molecule has 0 aromatic heterocycles. The predicted octanol–water partition coefficient (Wildman–Crippen LogP) is 8.60. The van der Waals surface area contributed by atoms with Gasteiger partial charge in [-0.15, -0.1) is 0 Å². The van der Waals surface area contributed by atoms with Crippen molar-refractivity contribution < 1.29 is 9.53 Å². The van der Waals surface area contributed by atoms with Gasteiger partial charge in [0, 0.05) is 12.3 Å². The van der Waals surface area contributed by atoms with Gasteiger partial charge in [0.15, 0.2) is 0 Å². The van der Waals surface area contributed by atoms with Crippen LogP contribution in [0.25, 0.3) is 0 Å². The van der Waals surface area contributed by atoms with E-state index in [2.05, 4.69) is 55.0 Å². The highest BCUT2D eigenvalue weighted by atomic mass is 16.5. The number of esters is 1. The second kappa shape index (κ2) is 7.61. The Morgan fingerprint density at radius 1 is 0.853 bits per heavy atom. The van der Waals surface area contributed by atoms with E-state index in [1.807, 2.05) is 0 Å². The molecule has 0 aromatic carbocycles. The van der Waals surface area contributed by atoms with Gasteiger partial charge in [-0.2, -0.15) is 0 Å². The van der Waals surface area contributed by atoms with E-state index in [9.17, 15) is 4.79 Å². The Labute approximate surface area is 210 Å². The van der Waals surface area contributed by atoms with E-state index in [0.29, 0.717) is 33.5 Å². The molecule has 5 aliphatic carbocycles. The fourth-order valence-electron chi connectivity index (χ4n) is 11.8. The molecule has 5 fully saturated rings. The van der Waals surface area contributed by atoms with Crippen molar-refractivity contribution in [1.82, 2.24) is 0 Å². The molecule has 192 valence electrons. The minimum atomic E-state index is -0.108. The summed E-state index contributed by atoms with van der Waals surface area (Å²) in [6, 6.07) is 0. The number of fused-ring (bicyclic) bond motifs is 7. The zero-order valence-electron chi connectivity index (χ0n) is 23.6.